The van der Waals surface area contributed by atoms with Crippen LogP contribution in [0.2, 0.25) is 0 Å². The SMILES string of the molecule is CCN(CC)C(=O)C(C)NC(C)c1ccc(C)cc1OC. The van der Waals surface area contributed by atoms with Crippen molar-refractivity contribution in [3.05, 3.63) is 29.3 Å². The van der Waals surface area contributed by atoms with Gasteiger partial charge in [-0.05, 0) is 46.2 Å². The third kappa shape index (κ3) is 4.46. The number of ether oxygens (including phenoxy) is 1. The zero-order valence-electron chi connectivity index (χ0n) is 14.1. The van der Waals surface area contributed by atoms with Crippen molar-refractivity contribution in [3.63, 3.8) is 0 Å². The minimum absolute atomic E-state index is 0.0510. The highest BCUT2D eigenvalue weighted by Gasteiger charge is 2.21. The number of nitrogens with zero attached hydrogens (tertiary/aromatic N) is 1. The number of nitrogens with one attached hydrogen (secondary N) is 1. The Morgan fingerprint density at radius 2 is 1.90 bits per heavy atom. The minimum atomic E-state index is -0.217. The Balaban J connectivity index is 2.81. The first-order valence-electron chi connectivity index (χ1n) is 7.63. The van der Waals surface area contributed by atoms with Crippen LogP contribution in [0.15, 0.2) is 18.2 Å². The first kappa shape index (κ1) is 17.5. The largest absolute Gasteiger partial charge is 0.496 e. The van der Waals surface area contributed by atoms with E-state index in [4.69, 9.17) is 4.74 Å². The van der Waals surface area contributed by atoms with E-state index in [9.17, 15) is 4.79 Å². The van der Waals surface area contributed by atoms with E-state index >= 15 is 0 Å². The molecule has 0 spiro atoms. The van der Waals surface area contributed by atoms with Gasteiger partial charge in [0.2, 0.25) is 5.91 Å². The van der Waals surface area contributed by atoms with Crippen LogP contribution >= 0.6 is 0 Å². The first-order valence-corrected chi connectivity index (χ1v) is 7.63. The molecule has 0 saturated heterocycles. The number of hydrogen-bond donors (Lipinski definition) is 1. The number of hydrogen-bond acceptors (Lipinski definition) is 3. The molecule has 0 saturated carbocycles. The molecule has 0 aliphatic carbocycles. The monoisotopic (exact) mass is 292 g/mol. The molecule has 1 aromatic carbocycles. The lowest BCUT2D eigenvalue weighted by molar-refractivity contribution is -0.132. The van der Waals surface area contributed by atoms with Gasteiger partial charge in [-0.1, -0.05) is 12.1 Å². The summed E-state index contributed by atoms with van der Waals surface area (Å²) in [6.07, 6.45) is 0. The maximum Gasteiger partial charge on any atom is 0.239 e. The summed E-state index contributed by atoms with van der Waals surface area (Å²) in [5.41, 5.74) is 2.23. The molecule has 2 atom stereocenters. The molecule has 0 fully saturated rings. The molecule has 4 heteroatoms. The van der Waals surface area contributed by atoms with E-state index in [1.807, 2.05) is 38.7 Å². The number of likely N-dealkylation sites (N-methyl/N-ethyl adjacent to an activating group) is 1. The Kier molecular flexibility index (Phi) is 6.69. The third-order valence-corrected chi connectivity index (χ3v) is 3.80. The highest BCUT2D eigenvalue weighted by Crippen LogP contribution is 2.26. The van der Waals surface area contributed by atoms with Crippen molar-refractivity contribution in [3.8, 4) is 5.75 Å². The quantitative estimate of drug-likeness (QED) is 0.840. The lowest BCUT2D eigenvalue weighted by Crippen LogP contribution is -2.45. The molecule has 1 amide bonds. The number of amides is 1. The highest BCUT2D eigenvalue weighted by molar-refractivity contribution is 5.81. The summed E-state index contributed by atoms with van der Waals surface area (Å²) in [5, 5.41) is 3.37. The van der Waals surface area contributed by atoms with Crippen LogP contribution in [0.4, 0.5) is 0 Å². The predicted molar refractivity (Wildman–Crippen MR) is 86.7 cm³/mol. The minimum Gasteiger partial charge on any atom is -0.496 e. The Hall–Kier alpha value is -1.55. The van der Waals surface area contributed by atoms with Crippen LogP contribution in [-0.4, -0.2) is 37.0 Å². The molecular weight excluding hydrogens is 264 g/mol. The fourth-order valence-corrected chi connectivity index (χ4v) is 2.52. The van der Waals surface area contributed by atoms with E-state index in [1.165, 1.54) is 0 Å². The molecule has 1 aromatic rings. The van der Waals surface area contributed by atoms with Gasteiger partial charge < -0.3 is 9.64 Å². The van der Waals surface area contributed by atoms with Crippen LogP contribution < -0.4 is 10.1 Å². The third-order valence-electron chi connectivity index (χ3n) is 3.80. The van der Waals surface area contributed by atoms with E-state index in [1.54, 1.807) is 7.11 Å². The van der Waals surface area contributed by atoms with Crippen LogP contribution in [0.5, 0.6) is 5.75 Å². The van der Waals surface area contributed by atoms with Gasteiger partial charge in [0.25, 0.3) is 0 Å². The molecule has 0 heterocycles. The van der Waals surface area contributed by atoms with Crippen LogP contribution in [-0.2, 0) is 4.79 Å². The summed E-state index contributed by atoms with van der Waals surface area (Å²) in [4.78, 5) is 14.2. The second-order valence-corrected chi connectivity index (χ2v) is 5.37. The Labute approximate surface area is 128 Å². The number of carbonyl (C=O) groups is 1. The number of methoxy groups -OCH3 is 1. The van der Waals surface area contributed by atoms with E-state index in [0.717, 1.165) is 30.0 Å². The maximum atomic E-state index is 12.3. The maximum absolute atomic E-state index is 12.3. The van der Waals surface area contributed by atoms with Gasteiger partial charge in [0.15, 0.2) is 0 Å². The van der Waals surface area contributed by atoms with Gasteiger partial charge in [-0.2, -0.15) is 0 Å². The smallest absolute Gasteiger partial charge is 0.239 e. The molecule has 118 valence electrons. The second kappa shape index (κ2) is 8.03. The molecule has 2 unspecified atom stereocenters. The summed E-state index contributed by atoms with van der Waals surface area (Å²) in [7, 11) is 1.68. The number of aryl methyl sites for hydroxylation is 1. The predicted octanol–water partition coefficient (Wildman–Crippen LogP) is 2.91. The van der Waals surface area contributed by atoms with Gasteiger partial charge in [-0.3, -0.25) is 10.1 Å². The fraction of sp³-hybridized carbons (Fsp3) is 0.588. The van der Waals surface area contributed by atoms with Crippen LogP contribution in [0.3, 0.4) is 0 Å². The van der Waals surface area contributed by atoms with Gasteiger partial charge in [-0.15, -0.1) is 0 Å². The molecule has 0 bridgehead atoms. The molecule has 0 aliphatic heterocycles. The average Bonchev–Trinajstić information content (AvgIpc) is 2.47. The Morgan fingerprint density at radius 1 is 1.29 bits per heavy atom. The number of carbonyl (C=O) groups excluding carboxylic acids is 1. The van der Waals surface area contributed by atoms with Gasteiger partial charge in [0.1, 0.15) is 5.75 Å². The zero-order chi connectivity index (χ0) is 16.0. The Bertz CT molecular complexity index is 470. The summed E-state index contributed by atoms with van der Waals surface area (Å²) < 4.78 is 5.44. The molecule has 0 aromatic heterocycles. The van der Waals surface area contributed by atoms with Crippen LogP contribution in [0, 0.1) is 6.92 Å². The molecule has 0 radical (unpaired) electrons. The topological polar surface area (TPSA) is 41.6 Å². The van der Waals surface area contributed by atoms with E-state index in [2.05, 4.69) is 24.4 Å². The molecule has 21 heavy (non-hydrogen) atoms. The van der Waals surface area contributed by atoms with E-state index in [0.29, 0.717) is 0 Å². The zero-order valence-corrected chi connectivity index (χ0v) is 14.1. The molecule has 0 aliphatic rings. The average molecular weight is 292 g/mol. The second-order valence-electron chi connectivity index (χ2n) is 5.37. The van der Waals surface area contributed by atoms with Gasteiger partial charge in [0.05, 0.1) is 13.2 Å². The highest BCUT2D eigenvalue weighted by atomic mass is 16.5. The standard InChI is InChI=1S/C17H28N2O2/c1-7-19(8-2)17(20)14(5)18-13(4)15-10-9-12(3)11-16(15)21-6/h9-11,13-14,18H,7-8H2,1-6H3. The summed E-state index contributed by atoms with van der Waals surface area (Å²) in [5.74, 6) is 0.996. The van der Waals surface area contributed by atoms with Crippen LogP contribution in [0.25, 0.3) is 0 Å². The summed E-state index contributed by atoms with van der Waals surface area (Å²) in [6, 6.07) is 5.97. The van der Waals surface area contributed by atoms with Gasteiger partial charge in [0, 0.05) is 24.7 Å². The molecule has 4 nitrogen and oxygen atoms in total. The van der Waals surface area contributed by atoms with Crippen molar-refractivity contribution < 1.29 is 9.53 Å². The van der Waals surface area contributed by atoms with Crippen molar-refractivity contribution in [2.24, 2.45) is 0 Å². The van der Waals surface area contributed by atoms with E-state index in [-0.39, 0.29) is 18.0 Å². The Morgan fingerprint density at radius 3 is 2.43 bits per heavy atom. The van der Waals surface area contributed by atoms with Crippen molar-refractivity contribution in [2.75, 3.05) is 20.2 Å². The fourth-order valence-electron chi connectivity index (χ4n) is 2.52. The van der Waals surface area contributed by atoms with Gasteiger partial charge >= 0.3 is 0 Å². The lowest BCUT2D eigenvalue weighted by Gasteiger charge is -2.26. The van der Waals surface area contributed by atoms with Gasteiger partial charge in [-0.25, -0.2) is 0 Å². The van der Waals surface area contributed by atoms with Crippen molar-refractivity contribution >= 4 is 5.91 Å². The summed E-state index contributed by atoms with van der Waals surface area (Å²) >= 11 is 0. The van der Waals surface area contributed by atoms with Crippen molar-refractivity contribution in [1.82, 2.24) is 10.2 Å². The first-order chi connectivity index (χ1) is 9.94. The van der Waals surface area contributed by atoms with Crippen LogP contribution in [0.1, 0.15) is 44.9 Å². The lowest BCUT2D eigenvalue weighted by atomic mass is 10.0. The number of rotatable bonds is 7. The molecular formula is C17H28N2O2. The number of benzene rings is 1. The molecule has 1 rings (SSSR count). The molecule has 1 N–H and O–H groups in total. The van der Waals surface area contributed by atoms with E-state index < -0.39 is 0 Å². The normalized spacial score (nSPS) is 13.6. The van der Waals surface area contributed by atoms with Crippen molar-refractivity contribution in [2.45, 2.75) is 46.7 Å². The van der Waals surface area contributed by atoms with Crippen molar-refractivity contribution in [1.29, 1.82) is 0 Å². The summed E-state index contributed by atoms with van der Waals surface area (Å²) in [6.45, 7) is 11.5.